The number of nitrogens with zero attached hydrogens (tertiary/aromatic N) is 4. The maximum absolute atomic E-state index is 12.2. The molecule has 0 saturated carbocycles. The molecule has 2 amide bonds. The van der Waals surface area contributed by atoms with E-state index < -0.39 is 11.8 Å². The lowest BCUT2D eigenvalue weighted by atomic mass is 10.2. The molecule has 1 aromatic heterocycles. The number of carbonyl (C=O) groups is 2. The summed E-state index contributed by atoms with van der Waals surface area (Å²) in [5, 5.41) is 12.1. The van der Waals surface area contributed by atoms with Gasteiger partial charge in [-0.15, -0.1) is 10.2 Å². The summed E-state index contributed by atoms with van der Waals surface area (Å²) in [4.78, 5) is 25.4. The predicted octanol–water partition coefficient (Wildman–Crippen LogP) is 1.18. The number of hydrogen-bond donors (Lipinski definition) is 2. The van der Waals surface area contributed by atoms with E-state index in [1.54, 1.807) is 0 Å². The van der Waals surface area contributed by atoms with Gasteiger partial charge in [-0.3, -0.25) is 20.4 Å². The van der Waals surface area contributed by atoms with Crippen LogP contribution in [-0.4, -0.2) is 38.8 Å². The zero-order chi connectivity index (χ0) is 19.5. The zero-order valence-corrected chi connectivity index (χ0v) is 15.0. The van der Waals surface area contributed by atoms with Crippen molar-refractivity contribution in [1.29, 1.82) is 0 Å². The van der Waals surface area contributed by atoms with Gasteiger partial charge in [0.25, 0.3) is 11.8 Å². The van der Waals surface area contributed by atoms with E-state index in [1.807, 2.05) is 30.3 Å². The predicted molar refractivity (Wildman–Crippen MR) is 96.4 cm³/mol. The maximum atomic E-state index is 12.2. The van der Waals surface area contributed by atoms with Crippen LogP contribution >= 0.6 is 11.6 Å². The molecule has 2 heterocycles. The van der Waals surface area contributed by atoms with Crippen LogP contribution in [0, 0.1) is 0 Å². The van der Waals surface area contributed by atoms with Crippen molar-refractivity contribution in [1.82, 2.24) is 31.1 Å². The van der Waals surface area contributed by atoms with Crippen molar-refractivity contribution < 1.29 is 19.1 Å². The Morgan fingerprint density at radius 2 is 1.96 bits per heavy atom. The van der Waals surface area contributed by atoms with Gasteiger partial charge in [-0.25, -0.2) is 0 Å². The second-order valence-corrected chi connectivity index (χ2v) is 6.11. The van der Waals surface area contributed by atoms with Gasteiger partial charge in [0.05, 0.1) is 5.02 Å². The molecule has 0 atom stereocenters. The Bertz CT molecular complexity index is 1040. The first-order chi connectivity index (χ1) is 13.6. The number of tetrazole rings is 1. The van der Waals surface area contributed by atoms with E-state index in [1.165, 1.54) is 12.1 Å². The summed E-state index contributed by atoms with van der Waals surface area (Å²) in [7, 11) is 0. The van der Waals surface area contributed by atoms with Crippen molar-refractivity contribution in [3.63, 3.8) is 0 Å². The number of benzene rings is 2. The lowest BCUT2D eigenvalue weighted by Gasteiger charge is -2.08. The molecule has 0 radical (unpaired) electrons. The van der Waals surface area contributed by atoms with E-state index in [2.05, 4.69) is 26.3 Å². The number of hydrogen-bond acceptors (Lipinski definition) is 7. The number of fused-ring (bicyclic) bond motifs is 1. The van der Waals surface area contributed by atoms with Crippen LogP contribution in [0.1, 0.15) is 10.4 Å². The van der Waals surface area contributed by atoms with Crippen LogP contribution in [-0.2, 0) is 11.3 Å². The summed E-state index contributed by atoms with van der Waals surface area (Å²) in [6.07, 6.45) is 0. The molecular weight excluding hydrogens is 388 g/mol. The fraction of sp³-hybridized carbons (Fsp3) is 0.118. The second kappa shape index (κ2) is 7.53. The fourth-order valence-electron chi connectivity index (χ4n) is 2.48. The highest BCUT2D eigenvalue weighted by Crippen LogP contribution is 2.39. The van der Waals surface area contributed by atoms with Crippen LogP contribution in [0.5, 0.6) is 11.5 Å². The lowest BCUT2D eigenvalue weighted by molar-refractivity contribution is -0.122. The van der Waals surface area contributed by atoms with Gasteiger partial charge in [0.15, 0.2) is 11.5 Å². The van der Waals surface area contributed by atoms with Crippen LogP contribution in [0.2, 0.25) is 5.02 Å². The van der Waals surface area contributed by atoms with E-state index in [0.717, 1.165) is 10.4 Å². The van der Waals surface area contributed by atoms with Crippen molar-refractivity contribution in [2.45, 2.75) is 6.54 Å². The molecule has 0 unspecified atom stereocenters. The molecule has 2 N–H and O–H groups in total. The standard InChI is InChI=1S/C17H13ClN6O4/c18-12-6-11(7-13-15(12)28-9-27-13)17(26)21-19-14(25)8-24-22-16(20-23-24)10-4-2-1-3-5-10/h1-7H,8-9H2,(H,19,25)(H,21,26). The quantitative estimate of drug-likeness (QED) is 0.631. The Hall–Kier alpha value is -3.66. The highest BCUT2D eigenvalue weighted by atomic mass is 35.5. The van der Waals surface area contributed by atoms with E-state index >= 15 is 0 Å². The minimum atomic E-state index is -0.565. The van der Waals surface area contributed by atoms with Gasteiger partial charge in [-0.05, 0) is 17.3 Å². The van der Waals surface area contributed by atoms with Crippen molar-refractivity contribution in [2.24, 2.45) is 0 Å². The van der Waals surface area contributed by atoms with E-state index in [9.17, 15) is 9.59 Å². The highest BCUT2D eigenvalue weighted by molar-refractivity contribution is 6.32. The third-order valence-corrected chi connectivity index (χ3v) is 4.06. The molecular formula is C17H13ClN6O4. The molecule has 0 saturated heterocycles. The molecule has 11 heteroatoms. The summed E-state index contributed by atoms with van der Waals surface area (Å²) in [6.45, 7) is -0.186. The zero-order valence-electron chi connectivity index (χ0n) is 14.3. The molecule has 0 aliphatic carbocycles. The van der Waals surface area contributed by atoms with Gasteiger partial charge in [0, 0.05) is 11.1 Å². The normalized spacial score (nSPS) is 11.9. The Morgan fingerprint density at radius 3 is 2.79 bits per heavy atom. The summed E-state index contributed by atoms with van der Waals surface area (Å²) in [5.41, 5.74) is 5.56. The molecule has 4 rings (SSSR count). The van der Waals surface area contributed by atoms with Crippen LogP contribution in [0.25, 0.3) is 11.4 Å². The Morgan fingerprint density at radius 1 is 1.14 bits per heavy atom. The smallest absolute Gasteiger partial charge is 0.269 e. The first-order valence-electron chi connectivity index (χ1n) is 8.12. The molecule has 28 heavy (non-hydrogen) atoms. The van der Waals surface area contributed by atoms with Gasteiger partial charge in [0.1, 0.15) is 6.54 Å². The van der Waals surface area contributed by atoms with Crippen LogP contribution < -0.4 is 20.3 Å². The number of hydrazine groups is 1. The number of nitrogens with one attached hydrogen (secondary N) is 2. The van der Waals surface area contributed by atoms with Crippen LogP contribution in [0.15, 0.2) is 42.5 Å². The highest BCUT2D eigenvalue weighted by Gasteiger charge is 2.21. The van der Waals surface area contributed by atoms with Gasteiger partial charge < -0.3 is 9.47 Å². The largest absolute Gasteiger partial charge is 0.454 e. The summed E-state index contributed by atoms with van der Waals surface area (Å²) in [6, 6.07) is 12.1. The van der Waals surface area contributed by atoms with Crippen molar-refractivity contribution >= 4 is 23.4 Å². The molecule has 142 valence electrons. The summed E-state index contributed by atoms with van der Waals surface area (Å²) >= 11 is 6.04. The van der Waals surface area contributed by atoms with Crippen molar-refractivity contribution in [3.05, 3.63) is 53.1 Å². The van der Waals surface area contributed by atoms with E-state index in [4.69, 9.17) is 21.1 Å². The first-order valence-corrected chi connectivity index (χ1v) is 8.49. The van der Waals surface area contributed by atoms with Gasteiger partial charge >= 0.3 is 0 Å². The molecule has 2 aromatic carbocycles. The van der Waals surface area contributed by atoms with E-state index in [0.29, 0.717) is 17.3 Å². The molecule has 1 aliphatic heterocycles. The number of halogens is 1. The SMILES string of the molecule is O=C(Cn1nnc(-c2ccccc2)n1)NNC(=O)c1cc(Cl)c2c(c1)OCO2. The molecule has 1 aliphatic rings. The monoisotopic (exact) mass is 400 g/mol. The van der Waals surface area contributed by atoms with Gasteiger partial charge in [-0.1, -0.05) is 41.9 Å². The third kappa shape index (κ3) is 3.71. The Kier molecular flexibility index (Phi) is 4.77. The minimum absolute atomic E-state index is 0.0345. The Labute approximate surface area is 163 Å². The van der Waals surface area contributed by atoms with Crippen LogP contribution in [0.4, 0.5) is 0 Å². The summed E-state index contributed by atoms with van der Waals surface area (Å²) in [5.74, 6) is 0.0488. The van der Waals surface area contributed by atoms with Gasteiger partial charge in [-0.2, -0.15) is 4.80 Å². The Balaban J connectivity index is 1.34. The average molecular weight is 401 g/mol. The molecule has 0 fully saturated rings. The first kappa shape index (κ1) is 17.7. The maximum Gasteiger partial charge on any atom is 0.269 e. The third-order valence-electron chi connectivity index (χ3n) is 3.77. The number of amides is 2. The lowest BCUT2D eigenvalue weighted by Crippen LogP contribution is -2.43. The fourth-order valence-corrected chi connectivity index (χ4v) is 2.74. The molecule has 0 bridgehead atoms. The molecule has 10 nitrogen and oxygen atoms in total. The minimum Gasteiger partial charge on any atom is -0.454 e. The van der Waals surface area contributed by atoms with Crippen molar-refractivity contribution in [2.75, 3.05) is 6.79 Å². The number of rotatable bonds is 4. The molecule has 0 spiro atoms. The molecule has 3 aromatic rings. The summed E-state index contributed by atoms with van der Waals surface area (Å²) < 4.78 is 10.4. The number of aromatic nitrogens is 4. The van der Waals surface area contributed by atoms with E-state index in [-0.39, 0.29) is 23.9 Å². The second-order valence-electron chi connectivity index (χ2n) is 5.70. The van der Waals surface area contributed by atoms with Crippen LogP contribution in [0.3, 0.4) is 0 Å². The topological polar surface area (TPSA) is 120 Å². The van der Waals surface area contributed by atoms with Crippen molar-refractivity contribution in [3.8, 4) is 22.9 Å². The number of ether oxygens (including phenoxy) is 2. The number of carbonyl (C=O) groups excluding carboxylic acids is 2. The van der Waals surface area contributed by atoms with Gasteiger partial charge in [0.2, 0.25) is 12.6 Å². The average Bonchev–Trinajstić information content (AvgIpc) is 3.36.